The SMILES string of the molecule is CC(C)CNC(=O)[C@@H](Cc1ccccc1)N(Cc1ccc(Cl)c(Cl)c1)C(=O)CN(c1cccc(Cl)c1Cl)S(=O)(=O)c1ccccc1. The van der Waals surface area contributed by atoms with Crippen molar-refractivity contribution in [3.05, 3.63) is 128 Å². The number of carbonyl (C=O) groups excluding carboxylic acids is 2. The molecule has 7 nitrogen and oxygen atoms in total. The first kappa shape index (κ1) is 35.6. The summed E-state index contributed by atoms with van der Waals surface area (Å²) in [7, 11) is -4.33. The number of nitrogens with one attached hydrogen (secondary N) is 1. The van der Waals surface area contributed by atoms with Gasteiger partial charge >= 0.3 is 0 Å². The Morgan fingerprint density at radius 2 is 1.41 bits per heavy atom. The molecule has 2 amide bonds. The third kappa shape index (κ3) is 8.96. The number of hydrogen-bond acceptors (Lipinski definition) is 4. The van der Waals surface area contributed by atoms with Gasteiger partial charge in [0.15, 0.2) is 0 Å². The largest absolute Gasteiger partial charge is 0.354 e. The van der Waals surface area contributed by atoms with Crippen LogP contribution >= 0.6 is 46.4 Å². The first-order valence-corrected chi connectivity index (χ1v) is 17.4. The van der Waals surface area contributed by atoms with Crippen molar-refractivity contribution in [3.63, 3.8) is 0 Å². The lowest BCUT2D eigenvalue weighted by Gasteiger charge is -2.34. The fourth-order valence-corrected chi connectivity index (χ4v) is 6.94. The summed E-state index contributed by atoms with van der Waals surface area (Å²) in [4.78, 5) is 29.7. The topological polar surface area (TPSA) is 86.8 Å². The van der Waals surface area contributed by atoms with E-state index in [0.29, 0.717) is 17.1 Å². The molecule has 46 heavy (non-hydrogen) atoms. The average Bonchev–Trinajstić information content (AvgIpc) is 3.04. The molecule has 1 N–H and O–H groups in total. The van der Waals surface area contributed by atoms with Crippen molar-refractivity contribution < 1.29 is 18.0 Å². The van der Waals surface area contributed by atoms with Crippen molar-refractivity contribution in [3.8, 4) is 0 Å². The molecule has 0 aliphatic rings. The normalized spacial score (nSPS) is 12.1. The van der Waals surface area contributed by atoms with Gasteiger partial charge in [0.1, 0.15) is 12.6 Å². The smallest absolute Gasteiger partial charge is 0.264 e. The lowest BCUT2D eigenvalue weighted by atomic mass is 10.0. The van der Waals surface area contributed by atoms with E-state index in [1.807, 2.05) is 44.2 Å². The van der Waals surface area contributed by atoms with E-state index in [0.717, 1.165) is 9.87 Å². The van der Waals surface area contributed by atoms with E-state index in [-0.39, 0.29) is 50.4 Å². The van der Waals surface area contributed by atoms with Gasteiger partial charge in [-0.1, -0.05) is 121 Å². The van der Waals surface area contributed by atoms with Crippen molar-refractivity contribution in [2.45, 2.75) is 37.8 Å². The minimum atomic E-state index is -4.33. The number of anilines is 1. The van der Waals surface area contributed by atoms with Gasteiger partial charge in [0.25, 0.3) is 10.0 Å². The summed E-state index contributed by atoms with van der Waals surface area (Å²) in [6.45, 7) is 3.57. The Hall–Kier alpha value is -3.27. The van der Waals surface area contributed by atoms with Crippen molar-refractivity contribution >= 4 is 73.9 Å². The van der Waals surface area contributed by atoms with E-state index in [4.69, 9.17) is 46.4 Å². The molecular formula is C34H33Cl4N3O4S. The summed E-state index contributed by atoms with van der Waals surface area (Å²) in [6.07, 6.45) is 0.168. The maximum atomic E-state index is 14.5. The Bertz CT molecular complexity index is 1770. The molecule has 4 aromatic rings. The number of amides is 2. The van der Waals surface area contributed by atoms with Crippen LogP contribution in [0.1, 0.15) is 25.0 Å². The molecule has 0 aromatic heterocycles. The summed E-state index contributed by atoms with van der Waals surface area (Å²) in [5, 5.41) is 3.63. The summed E-state index contributed by atoms with van der Waals surface area (Å²) >= 11 is 25.3. The zero-order valence-electron chi connectivity index (χ0n) is 25.2. The van der Waals surface area contributed by atoms with Crippen LogP contribution in [0.4, 0.5) is 5.69 Å². The van der Waals surface area contributed by atoms with Crippen LogP contribution in [0.5, 0.6) is 0 Å². The molecule has 0 fully saturated rings. The van der Waals surface area contributed by atoms with Gasteiger partial charge in [-0.25, -0.2) is 8.42 Å². The fraction of sp³-hybridized carbons (Fsp3) is 0.235. The van der Waals surface area contributed by atoms with Gasteiger partial charge in [-0.15, -0.1) is 0 Å². The summed E-state index contributed by atoms with van der Waals surface area (Å²) in [5.74, 6) is -0.886. The maximum absolute atomic E-state index is 14.5. The lowest BCUT2D eigenvalue weighted by molar-refractivity contribution is -0.140. The first-order valence-electron chi connectivity index (χ1n) is 14.4. The van der Waals surface area contributed by atoms with Gasteiger partial charge < -0.3 is 10.2 Å². The van der Waals surface area contributed by atoms with Crippen LogP contribution in [0.3, 0.4) is 0 Å². The Balaban J connectivity index is 1.84. The molecule has 0 unspecified atom stereocenters. The van der Waals surface area contributed by atoms with Crippen LogP contribution in [0.15, 0.2) is 102 Å². The van der Waals surface area contributed by atoms with Crippen LogP contribution in [-0.4, -0.2) is 44.3 Å². The number of halogens is 4. The van der Waals surface area contributed by atoms with E-state index in [9.17, 15) is 18.0 Å². The minimum Gasteiger partial charge on any atom is -0.354 e. The van der Waals surface area contributed by atoms with Crippen molar-refractivity contribution in [1.29, 1.82) is 0 Å². The maximum Gasteiger partial charge on any atom is 0.264 e. The highest BCUT2D eigenvalue weighted by molar-refractivity contribution is 7.92. The van der Waals surface area contributed by atoms with Crippen molar-refractivity contribution in [1.82, 2.24) is 10.2 Å². The molecule has 12 heteroatoms. The number of hydrogen-bond donors (Lipinski definition) is 1. The predicted octanol–water partition coefficient (Wildman–Crippen LogP) is 7.91. The molecule has 1 atom stereocenters. The molecule has 0 aliphatic heterocycles. The number of benzene rings is 4. The number of sulfonamides is 1. The number of nitrogens with zero attached hydrogens (tertiary/aromatic N) is 2. The van der Waals surface area contributed by atoms with Crippen LogP contribution in [0.25, 0.3) is 0 Å². The zero-order chi connectivity index (χ0) is 33.4. The summed E-state index contributed by atoms with van der Waals surface area (Å²) in [5.41, 5.74) is 1.42. The highest BCUT2D eigenvalue weighted by Gasteiger charge is 2.35. The van der Waals surface area contributed by atoms with Crippen molar-refractivity contribution in [2.24, 2.45) is 5.92 Å². The summed E-state index contributed by atoms with van der Waals surface area (Å²) < 4.78 is 29.1. The van der Waals surface area contributed by atoms with E-state index in [2.05, 4.69) is 5.32 Å². The second kappa shape index (κ2) is 16.0. The second-order valence-electron chi connectivity index (χ2n) is 11.0. The molecule has 4 rings (SSSR count). The van der Waals surface area contributed by atoms with Gasteiger partial charge in [-0.05, 0) is 53.4 Å². The highest BCUT2D eigenvalue weighted by Crippen LogP contribution is 2.36. The molecule has 0 spiro atoms. The van der Waals surface area contributed by atoms with Gasteiger partial charge in [0.2, 0.25) is 11.8 Å². The average molecular weight is 722 g/mol. The molecule has 0 aliphatic carbocycles. The van der Waals surface area contributed by atoms with Crippen LogP contribution < -0.4 is 9.62 Å². The summed E-state index contributed by atoms with van der Waals surface area (Å²) in [6, 6.07) is 25.4. The van der Waals surface area contributed by atoms with Crippen molar-refractivity contribution in [2.75, 3.05) is 17.4 Å². The first-order chi connectivity index (χ1) is 21.9. The van der Waals surface area contributed by atoms with Gasteiger partial charge in [-0.2, -0.15) is 0 Å². The third-order valence-corrected chi connectivity index (χ3v) is 10.4. The Kier molecular flexibility index (Phi) is 12.4. The lowest BCUT2D eigenvalue weighted by Crippen LogP contribution is -2.53. The zero-order valence-corrected chi connectivity index (χ0v) is 29.0. The molecule has 4 aromatic carbocycles. The van der Waals surface area contributed by atoms with Gasteiger partial charge in [0.05, 0.1) is 30.7 Å². The molecule has 0 heterocycles. The third-order valence-electron chi connectivity index (χ3n) is 7.10. The monoisotopic (exact) mass is 719 g/mol. The van der Waals surface area contributed by atoms with Crippen LogP contribution in [-0.2, 0) is 32.6 Å². The minimum absolute atomic E-state index is 0.0183. The molecular weight excluding hydrogens is 688 g/mol. The highest BCUT2D eigenvalue weighted by atomic mass is 35.5. The second-order valence-corrected chi connectivity index (χ2v) is 14.5. The Morgan fingerprint density at radius 3 is 2.04 bits per heavy atom. The number of rotatable bonds is 13. The van der Waals surface area contributed by atoms with E-state index in [1.54, 1.807) is 42.5 Å². The van der Waals surface area contributed by atoms with Crippen LogP contribution in [0, 0.1) is 5.92 Å². The standard InChI is InChI=1S/C34H33Cl4N3O4S/c1-23(2)20-39-34(43)31(19-24-10-5-3-6-11-24)40(21-25-16-17-27(35)29(37)18-25)32(42)22-41(30-15-9-14-28(36)33(30)38)46(44,45)26-12-7-4-8-13-26/h3-18,23,31H,19-22H2,1-2H3,(H,39,43)/t31-/m1/s1. The Labute approximate surface area is 290 Å². The van der Waals surface area contributed by atoms with E-state index >= 15 is 0 Å². The molecule has 0 saturated heterocycles. The molecule has 0 radical (unpaired) electrons. The fourth-order valence-electron chi connectivity index (χ4n) is 4.73. The quantitative estimate of drug-likeness (QED) is 0.152. The molecule has 242 valence electrons. The van der Waals surface area contributed by atoms with Gasteiger partial charge in [-0.3, -0.25) is 13.9 Å². The molecule has 0 bridgehead atoms. The Morgan fingerprint density at radius 1 is 0.761 bits per heavy atom. The van der Waals surface area contributed by atoms with Crippen LogP contribution in [0.2, 0.25) is 20.1 Å². The van der Waals surface area contributed by atoms with E-state index in [1.165, 1.54) is 29.2 Å². The van der Waals surface area contributed by atoms with E-state index < -0.39 is 28.5 Å². The predicted molar refractivity (Wildman–Crippen MR) is 186 cm³/mol. The molecule has 0 saturated carbocycles. The van der Waals surface area contributed by atoms with Gasteiger partial charge in [0, 0.05) is 19.5 Å². The number of carbonyl (C=O) groups is 2.